The second-order valence-corrected chi connectivity index (χ2v) is 5.85. The molecule has 4 nitrogen and oxygen atoms in total. The fourth-order valence-electron chi connectivity index (χ4n) is 2.96. The number of carbonyl (C=O) groups excluding carboxylic acids is 1. The van der Waals surface area contributed by atoms with Crippen LogP contribution in [-0.2, 0) is 9.53 Å². The first-order chi connectivity index (χ1) is 9.40. The maximum Gasteiger partial charge on any atom is 0.259 e. The molecule has 1 saturated heterocycles. The number of carbonyl (C=O) groups is 1. The van der Waals surface area contributed by atoms with Gasteiger partial charge in [-0.15, -0.1) is 0 Å². The van der Waals surface area contributed by atoms with Crippen LogP contribution in [0.2, 0.25) is 0 Å². The van der Waals surface area contributed by atoms with Gasteiger partial charge in [-0.3, -0.25) is 4.79 Å². The molecular formula is C14H22F2N2O2. The highest BCUT2D eigenvalue weighted by molar-refractivity contribution is 5.87. The van der Waals surface area contributed by atoms with Gasteiger partial charge in [0.1, 0.15) is 0 Å². The van der Waals surface area contributed by atoms with E-state index in [1.54, 1.807) is 6.08 Å². The highest BCUT2D eigenvalue weighted by Gasteiger charge is 2.79. The van der Waals surface area contributed by atoms with E-state index in [2.05, 4.69) is 5.32 Å². The van der Waals surface area contributed by atoms with Gasteiger partial charge in [-0.1, -0.05) is 6.08 Å². The zero-order valence-electron chi connectivity index (χ0n) is 12.0. The van der Waals surface area contributed by atoms with E-state index >= 15 is 0 Å². The minimum atomic E-state index is -2.67. The van der Waals surface area contributed by atoms with Crippen LogP contribution in [0.15, 0.2) is 12.2 Å². The standard InChI is InChI=1S/C14H22F2N2O2/c1-18(2)7-3-4-12(19)17-10-11-13(14(11,15)16)5-8-20-9-6-13/h3-4,11H,5-10H2,1-2H3,(H,17,19)/b4-3+. The second-order valence-electron chi connectivity index (χ2n) is 5.85. The van der Waals surface area contributed by atoms with Gasteiger partial charge in [-0.05, 0) is 26.9 Å². The first-order valence-electron chi connectivity index (χ1n) is 6.95. The Morgan fingerprint density at radius 1 is 1.40 bits per heavy atom. The van der Waals surface area contributed by atoms with Crippen LogP contribution >= 0.6 is 0 Å². The zero-order valence-corrected chi connectivity index (χ0v) is 12.0. The summed E-state index contributed by atoms with van der Waals surface area (Å²) in [5.41, 5.74) is -0.939. The number of hydrogen-bond donors (Lipinski definition) is 1. The molecule has 1 atom stereocenters. The Bertz CT molecular complexity index is 391. The van der Waals surface area contributed by atoms with Crippen molar-refractivity contribution in [2.75, 3.05) is 40.4 Å². The van der Waals surface area contributed by atoms with Gasteiger partial charge in [0.25, 0.3) is 5.92 Å². The molecule has 1 spiro atoms. The van der Waals surface area contributed by atoms with Gasteiger partial charge in [0.2, 0.25) is 5.91 Å². The zero-order chi connectivity index (χ0) is 14.8. The van der Waals surface area contributed by atoms with E-state index < -0.39 is 17.3 Å². The lowest BCUT2D eigenvalue weighted by atomic mass is 9.93. The van der Waals surface area contributed by atoms with Crippen molar-refractivity contribution in [2.45, 2.75) is 18.8 Å². The third-order valence-corrected chi connectivity index (χ3v) is 4.29. The summed E-state index contributed by atoms with van der Waals surface area (Å²) in [7, 11) is 3.78. The van der Waals surface area contributed by atoms with Crippen LogP contribution in [0.3, 0.4) is 0 Å². The Labute approximate surface area is 118 Å². The number of halogens is 2. The van der Waals surface area contributed by atoms with Crippen LogP contribution in [0.1, 0.15) is 12.8 Å². The highest BCUT2D eigenvalue weighted by atomic mass is 19.3. The van der Waals surface area contributed by atoms with Crippen LogP contribution in [-0.4, -0.2) is 57.1 Å². The summed E-state index contributed by atoms with van der Waals surface area (Å²) in [6, 6.07) is 0. The molecule has 1 N–H and O–H groups in total. The first kappa shape index (κ1) is 15.4. The maximum atomic E-state index is 13.9. The van der Waals surface area contributed by atoms with Crippen LogP contribution < -0.4 is 5.32 Å². The molecule has 0 bridgehead atoms. The number of hydrogen-bond acceptors (Lipinski definition) is 3. The van der Waals surface area contributed by atoms with Gasteiger partial charge < -0.3 is 15.0 Å². The Kier molecular flexibility index (Phi) is 4.44. The highest BCUT2D eigenvalue weighted by Crippen LogP contribution is 2.70. The molecule has 1 aliphatic heterocycles. The third-order valence-electron chi connectivity index (χ3n) is 4.29. The summed E-state index contributed by atoms with van der Waals surface area (Å²) >= 11 is 0. The molecule has 1 amide bonds. The number of nitrogens with zero attached hydrogens (tertiary/aromatic N) is 1. The first-order valence-corrected chi connectivity index (χ1v) is 6.95. The molecule has 1 aliphatic carbocycles. The Morgan fingerprint density at radius 2 is 2.05 bits per heavy atom. The molecule has 1 saturated carbocycles. The largest absolute Gasteiger partial charge is 0.381 e. The van der Waals surface area contributed by atoms with E-state index in [-0.39, 0.29) is 12.5 Å². The van der Waals surface area contributed by atoms with Crippen molar-refractivity contribution >= 4 is 5.91 Å². The molecule has 2 aliphatic rings. The van der Waals surface area contributed by atoms with Crippen molar-refractivity contribution in [1.29, 1.82) is 0 Å². The molecule has 20 heavy (non-hydrogen) atoms. The van der Waals surface area contributed by atoms with Crippen molar-refractivity contribution < 1.29 is 18.3 Å². The normalized spacial score (nSPS) is 27.1. The molecule has 0 aromatic heterocycles. The number of ether oxygens (including phenoxy) is 1. The van der Waals surface area contributed by atoms with E-state index in [9.17, 15) is 13.6 Å². The van der Waals surface area contributed by atoms with E-state index in [1.165, 1.54) is 6.08 Å². The molecule has 114 valence electrons. The Hall–Kier alpha value is -1.01. The molecule has 0 radical (unpaired) electrons. The topological polar surface area (TPSA) is 41.6 Å². The Morgan fingerprint density at radius 3 is 2.65 bits per heavy atom. The number of rotatable bonds is 5. The van der Waals surface area contributed by atoms with Crippen molar-refractivity contribution in [3.63, 3.8) is 0 Å². The quantitative estimate of drug-likeness (QED) is 0.775. The minimum Gasteiger partial charge on any atom is -0.381 e. The lowest BCUT2D eigenvalue weighted by molar-refractivity contribution is -0.116. The predicted octanol–water partition coefficient (Wildman–Crippen LogP) is 1.28. The molecule has 1 heterocycles. The van der Waals surface area contributed by atoms with Gasteiger partial charge in [0, 0.05) is 37.8 Å². The summed E-state index contributed by atoms with van der Waals surface area (Å²) in [5, 5.41) is 2.58. The second kappa shape index (κ2) is 5.77. The predicted molar refractivity (Wildman–Crippen MR) is 71.6 cm³/mol. The number of nitrogens with one attached hydrogen (secondary N) is 1. The molecule has 1 unspecified atom stereocenters. The van der Waals surface area contributed by atoms with Crippen LogP contribution in [0.5, 0.6) is 0 Å². The minimum absolute atomic E-state index is 0.0398. The van der Waals surface area contributed by atoms with Crippen molar-refractivity contribution in [2.24, 2.45) is 11.3 Å². The summed E-state index contributed by atoms with van der Waals surface area (Å²) in [4.78, 5) is 13.5. The van der Waals surface area contributed by atoms with Crippen LogP contribution in [0.25, 0.3) is 0 Å². The average Bonchev–Trinajstić information content (AvgIpc) is 2.82. The number of likely N-dealkylation sites (N-methyl/N-ethyl adjacent to an activating group) is 1. The SMILES string of the molecule is CN(C)C/C=C/C(=O)NCC1C(F)(F)C12CCOCC2. The summed E-state index contributed by atoms with van der Waals surface area (Å²) in [6.07, 6.45) is 3.88. The lowest BCUT2D eigenvalue weighted by Gasteiger charge is -2.22. The fraction of sp³-hybridized carbons (Fsp3) is 0.786. The van der Waals surface area contributed by atoms with Crippen molar-refractivity contribution in [1.82, 2.24) is 10.2 Å². The molecule has 2 fully saturated rings. The van der Waals surface area contributed by atoms with Gasteiger partial charge in [0.15, 0.2) is 0 Å². The van der Waals surface area contributed by atoms with Gasteiger partial charge in [0.05, 0.1) is 5.92 Å². The van der Waals surface area contributed by atoms with Gasteiger partial charge in [-0.2, -0.15) is 0 Å². The van der Waals surface area contributed by atoms with Crippen LogP contribution in [0, 0.1) is 11.3 Å². The van der Waals surface area contributed by atoms with E-state index in [0.717, 1.165) is 0 Å². The number of alkyl halides is 2. The maximum absolute atomic E-state index is 13.9. The fourth-order valence-corrected chi connectivity index (χ4v) is 2.96. The Balaban J connectivity index is 1.80. The van der Waals surface area contributed by atoms with Gasteiger partial charge >= 0.3 is 0 Å². The van der Waals surface area contributed by atoms with E-state index in [4.69, 9.17) is 4.74 Å². The summed E-state index contributed by atoms with van der Waals surface area (Å²) < 4.78 is 33.0. The monoisotopic (exact) mass is 288 g/mol. The molecule has 6 heteroatoms. The molecule has 0 aromatic carbocycles. The summed E-state index contributed by atoms with van der Waals surface area (Å²) in [6.45, 7) is 1.47. The summed E-state index contributed by atoms with van der Waals surface area (Å²) in [5.74, 6) is -3.72. The lowest BCUT2D eigenvalue weighted by Crippen LogP contribution is -2.27. The molecular weight excluding hydrogens is 266 g/mol. The smallest absolute Gasteiger partial charge is 0.259 e. The average molecular weight is 288 g/mol. The number of amides is 1. The van der Waals surface area contributed by atoms with Crippen molar-refractivity contribution in [3.05, 3.63) is 12.2 Å². The van der Waals surface area contributed by atoms with E-state index in [0.29, 0.717) is 32.6 Å². The molecule has 0 aromatic rings. The van der Waals surface area contributed by atoms with Crippen LogP contribution in [0.4, 0.5) is 8.78 Å². The van der Waals surface area contributed by atoms with Gasteiger partial charge in [-0.25, -0.2) is 8.78 Å². The third kappa shape index (κ3) is 2.86. The van der Waals surface area contributed by atoms with Crippen molar-refractivity contribution in [3.8, 4) is 0 Å². The molecule has 2 rings (SSSR count). The van der Waals surface area contributed by atoms with E-state index in [1.807, 2.05) is 19.0 Å².